The van der Waals surface area contributed by atoms with Crippen molar-refractivity contribution in [3.05, 3.63) is 0 Å². The molecular formula is C14H21Br2NO. The van der Waals surface area contributed by atoms with Crippen molar-refractivity contribution < 1.29 is 4.79 Å². The maximum absolute atomic E-state index is 12.3. The minimum absolute atomic E-state index is 0.175. The van der Waals surface area contributed by atoms with Gasteiger partial charge in [-0.1, -0.05) is 38.3 Å². The average molecular weight is 379 g/mol. The molecule has 0 radical (unpaired) electrons. The van der Waals surface area contributed by atoms with Crippen LogP contribution in [0.3, 0.4) is 0 Å². The Kier molecular flexibility index (Phi) is 3.14. The van der Waals surface area contributed by atoms with Gasteiger partial charge >= 0.3 is 0 Å². The summed E-state index contributed by atoms with van der Waals surface area (Å²) in [5, 5.41) is 3.27. The third-order valence-electron chi connectivity index (χ3n) is 5.55. The van der Waals surface area contributed by atoms with E-state index in [-0.39, 0.29) is 14.6 Å². The predicted octanol–water partition coefficient (Wildman–Crippen LogP) is 3.82. The molecule has 3 aliphatic carbocycles. The van der Waals surface area contributed by atoms with Crippen LogP contribution < -0.4 is 5.32 Å². The first-order valence-electron chi connectivity index (χ1n) is 7.02. The molecule has 0 aromatic heterocycles. The topological polar surface area (TPSA) is 29.1 Å². The number of carbonyl (C=O) groups excluding carboxylic acids is 1. The van der Waals surface area contributed by atoms with E-state index in [1.807, 2.05) is 6.92 Å². The highest BCUT2D eigenvalue weighted by Crippen LogP contribution is 2.66. The van der Waals surface area contributed by atoms with E-state index in [1.54, 1.807) is 0 Å². The minimum atomic E-state index is -0.279. The number of nitrogens with one attached hydrogen (secondary N) is 1. The molecule has 0 heterocycles. The summed E-state index contributed by atoms with van der Waals surface area (Å²) in [5.74, 6) is 2.74. The van der Waals surface area contributed by atoms with Crippen molar-refractivity contribution in [2.45, 2.75) is 55.2 Å². The number of hydrogen-bond donors (Lipinski definition) is 1. The molecule has 0 aromatic carbocycles. The lowest BCUT2D eigenvalue weighted by molar-refractivity contribution is -0.126. The molecular weight excluding hydrogens is 358 g/mol. The summed E-state index contributed by atoms with van der Waals surface area (Å²) in [5.41, 5.74) is -0.279. The van der Waals surface area contributed by atoms with Crippen molar-refractivity contribution in [2.75, 3.05) is 0 Å². The Morgan fingerprint density at radius 3 is 2.44 bits per heavy atom. The summed E-state index contributed by atoms with van der Waals surface area (Å²) in [7, 11) is 0. The van der Waals surface area contributed by atoms with E-state index in [0.717, 1.165) is 24.2 Å². The van der Waals surface area contributed by atoms with Gasteiger partial charge in [-0.25, -0.2) is 0 Å². The molecule has 5 atom stereocenters. The Morgan fingerprint density at radius 1 is 1.33 bits per heavy atom. The molecule has 3 fully saturated rings. The van der Waals surface area contributed by atoms with E-state index in [4.69, 9.17) is 0 Å². The van der Waals surface area contributed by atoms with E-state index >= 15 is 0 Å². The molecule has 18 heavy (non-hydrogen) atoms. The minimum Gasteiger partial charge on any atom is -0.353 e. The normalized spacial score (nSPS) is 45.9. The second-order valence-corrected chi connectivity index (χ2v) is 10.6. The van der Waals surface area contributed by atoms with Crippen LogP contribution in [0.25, 0.3) is 0 Å². The number of carbonyl (C=O) groups is 1. The molecule has 102 valence electrons. The smallest absolute Gasteiger partial charge is 0.228 e. The zero-order chi connectivity index (χ0) is 13.1. The van der Waals surface area contributed by atoms with Gasteiger partial charge in [-0.2, -0.15) is 0 Å². The summed E-state index contributed by atoms with van der Waals surface area (Å²) >= 11 is 7.14. The largest absolute Gasteiger partial charge is 0.353 e. The van der Waals surface area contributed by atoms with Gasteiger partial charge in [0.1, 0.15) is 0 Å². The lowest BCUT2D eigenvalue weighted by atomic mass is 9.84. The molecule has 2 nitrogen and oxygen atoms in total. The molecule has 0 spiro atoms. The fourth-order valence-electron chi connectivity index (χ4n) is 4.03. The van der Waals surface area contributed by atoms with Crippen molar-refractivity contribution in [1.82, 2.24) is 5.32 Å². The highest BCUT2D eigenvalue weighted by atomic mass is 79.9. The van der Waals surface area contributed by atoms with Gasteiger partial charge in [0.25, 0.3) is 0 Å². The number of amides is 1. The monoisotopic (exact) mass is 377 g/mol. The third kappa shape index (κ3) is 1.98. The Labute approximate surface area is 126 Å². The van der Waals surface area contributed by atoms with Crippen LogP contribution in [0, 0.1) is 23.2 Å². The molecule has 0 aliphatic heterocycles. The van der Waals surface area contributed by atoms with Crippen molar-refractivity contribution in [2.24, 2.45) is 23.2 Å². The van der Waals surface area contributed by atoms with E-state index in [0.29, 0.717) is 6.04 Å². The Bertz CT molecular complexity index is 384. The summed E-state index contributed by atoms with van der Waals surface area (Å²) < 4.78 is -0.175. The first-order chi connectivity index (χ1) is 8.33. The van der Waals surface area contributed by atoms with Gasteiger partial charge in [-0.15, -0.1) is 0 Å². The second kappa shape index (κ2) is 4.21. The number of rotatable bonds is 3. The zero-order valence-corrected chi connectivity index (χ0v) is 14.2. The molecule has 1 N–H and O–H groups in total. The van der Waals surface area contributed by atoms with Gasteiger partial charge in [0.2, 0.25) is 5.91 Å². The van der Waals surface area contributed by atoms with Crippen LogP contribution in [0.15, 0.2) is 0 Å². The van der Waals surface area contributed by atoms with Crippen LogP contribution in [-0.2, 0) is 4.79 Å². The van der Waals surface area contributed by atoms with Gasteiger partial charge < -0.3 is 5.32 Å². The van der Waals surface area contributed by atoms with Gasteiger partial charge in [0, 0.05) is 6.04 Å². The van der Waals surface area contributed by atoms with Crippen molar-refractivity contribution in [1.29, 1.82) is 0 Å². The molecule has 0 saturated heterocycles. The van der Waals surface area contributed by atoms with E-state index in [2.05, 4.69) is 44.1 Å². The van der Waals surface area contributed by atoms with Crippen LogP contribution in [0.1, 0.15) is 46.0 Å². The van der Waals surface area contributed by atoms with Crippen LogP contribution >= 0.6 is 31.9 Å². The highest BCUT2D eigenvalue weighted by molar-refractivity contribution is 9.25. The maximum atomic E-state index is 12.3. The third-order valence-corrected chi connectivity index (χ3v) is 7.86. The fraction of sp³-hybridized carbons (Fsp3) is 0.929. The Morgan fingerprint density at radius 2 is 2.00 bits per heavy atom. The number of halogens is 2. The Hall–Kier alpha value is 0.430. The quantitative estimate of drug-likeness (QED) is 0.743. The first-order valence-corrected chi connectivity index (χ1v) is 8.61. The van der Waals surface area contributed by atoms with Gasteiger partial charge in [-0.3, -0.25) is 4.79 Å². The summed E-state index contributed by atoms with van der Waals surface area (Å²) in [6.07, 6.45) is 6.41. The summed E-state index contributed by atoms with van der Waals surface area (Å²) in [6.45, 7) is 4.22. The van der Waals surface area contributed by atoms with Gasteiger partial charge in [-0.05, 0) is 57.3 Å². The molecule has 0 aromatic rings. The Balaban J connectivity index is 1.59. The van der Waals surface area contributed by atoms with Crippen molar-refractivity contribution in [3.63, 3.8) is 0 Å². The predicted molar refractivity (Wildman–Crippen MR) is 79.9 cm³/mol. The first kappa shape index (κ1) is 13.4. The van der Waals surface area contributed by atoms with Gasteiger partial charge in [0.05, 0.1) is 8.65 Å². The molecule has 1 amide bonds. The van der Waals surface area contributed by atoms with Crippen molar-refractivity contribution >= 4 is 37.8 Å². The van der Waals surface area contributed by atoms with Crippen LogP contribution in [0.2, 0.25) is 0 Å². The lowest BCUT2D eigenvalue weighted by Crippen LogP contribution is -2.44. The van der Waals surface area contributed by atoms with Crippen molar-refractivity contribution in [3.8, 4) is 0 Å². The molecule has 3 saturated carbocycles. The maximum Gasteiger partial charge on any atom is 0.228 e. The van der Waals surface area contributed by atoms with E-state index in [9.17, 15) is 4.79 Å². The van der Waals surface area contributed by atoms with E-state index < -0.39 is 0 Å². The SMILES string of the molecule is C[C@H](NC(=O)[C@]1(C)CC1(Br)Br)[C@@H]1C[C@H]2CC[C@H]1C2. The molecule has 3 aliphatic rings. The number of alkyl halides is 2. The van der Waals surface area contributed by atoms with Gasteiger partial charge in [0.15, 0.2) is 0 Å². The van der Waals surface area contributed by atoms with Crippen LogP contribution in [0.4, 0.5) is 0 Å². The lowest BCUT2D eigenvalue weighted by Gasteiger charge is -2.29. The number of hydrogen-bond acceptors (Lipinski definition) is 1. The molecule has 3 rings (SSSR count). The zero-order valence-electron chi connectivity index (χ0n) is 11.0. The fourth-order valence-corrected chi connectivity index (χ4v) is 5.51. The second-order valence-electron chi connectivity index (χ2n) is 6.81. The van der Waals surface area contributed by atoms with Crippen LogP contribution in [-0.4, -0.2) is 15.2 Å². The molecule has 0 unspecified atom stereocenters. The highest BCUT2D eigenvalue weighted by Gasteiger charge is 2.66. The number of fused-ring (bicyclic) bond motifs is 2. The van der Waals surface area contributed by atoms with E-state index in [1.165, 1.54) is 25.7 Å². The van der Waals surface area contributed by atoms with Crippen LogP contribution in [0.5, 0.6) is 0 Å². The molecule has 4 heteroatoms. The summed E-state index contributed by atoms with van der Waals surface area (Å²) in [4.78, 5) is 12.3. The summed E-state index contributed by atoms with van der Waals surface area (Å²) in [6, 6.07) is 0.334. The average Bonchev–Trinajstić information content (AvgIpc) is 2.74. The standard InChI is InChI=1S/C14H21Br2NO/c1-8(11-6-9-3-4-10(11)5-9)17-12(18)13(2)7-14(13,15)16/h8-11H,3-7H2,1-2H3,(H,17,18)/t8-,9-,10-,11-,13-/m0/s1. The molecule has 2 bridgehead atoms.